The minimum Gasteiger partial charge on any atom is -0.361 e. The molecule has 0 radical (unpaired) electrons. The largest absolute Gasteiger partial charge is 0.361 e. The number of hydrogen-bond acceptors (Lipinski definition) is 1. The zero-order valence-corrected chi connectivity index (χ0v) is 11.1. The van der Waals surface area contributed by atoms with Crippen molar-refractivity contribution >= 4 is 34.8 Å². The van der Waals surface area contributed by atoms with Gasteiger partial charge in [-0.05, 0) is 19.1 Å². The Hall–Kier alpha value is -0.960. The van der Waals surface area contributed by atoms with Crippen molar-refractivity contribution in [3.63, 3.8) is 0 Å². The number of rotatable bonds is 1. The van der Waals surface area contributed by atoms with Crippen LogP contribution in [0.4, 0.5) is 0 Å². The molecule has 2 aromatic rings. The molecule has 0 unspecified atom stereocenters. The van der Waals surface area contributed by atoms with Crippen molar-refractivity contribution in [1.29, 1.82) is 0 Å². The van der Waals surface area contributed by atoms with Gasteiger partial charge in [0.25, 0.3) is 0 Å². The van der Waals surface area contributed by atoms with Crippen LogP contribution in [0.3, 0.4) is 0 Å². The van der Waals surface area contributed by atoms with E-state index in [1.807, 2.05) is 0 Å². The molecule has 1 aromatic heterocycles. The van der Waals surface area contributed by atoms with Crippen LogP contribution >= 0.6 is 34.8 Å². The van der Waals surface area contributed by atoms with Crippen LogP contribution in [0.25, 0.3) is 11.3 Å². The molecule has 1 N–H and O–H groups in total. The van der Waals surface area contributed by atoms with E-state index < -0.39 is 0 Å². The molecule has 0 aliphatic carbocycles. The fourth-order valence-electron chi connectivity index (χ4n) is 1.57. The molecule has 0 aliphatic rings. The minimum atomic E-state index is -0.0779. The maximum Gasteiger partial charge on any atom is 0.185 e. The number of H-pyrrole nitrogens is 1. The molecule has 1 aromatic carbocycles. The molecule has 0 aliphatic heterocycles. The van der Waals surface area contributed by atoms with Gasteiger partial charge in [-0.25, -0.2) is 0 Å². The first-order valence-corrected chi connectivity index (χ1v) is 5.98. The smallest absolute Gasteiger partial charge is 0.185 e. The van der Waals surface area contributed by atoms with Crippen molar-refractivity contribution in [3.8, 4) is 11.3 Å². The van der Waals surface area contributed by atoms with Gasteiger partial charge in [0.2, 0.25) is 0 Å². The van der Waals surface area contributed by atoms with E-state index in [-0.39, 0.29) is 5.43 Å². The third kappa shape index (κ3) is 2.21. The second kappa shape index (κ2) is 4.73. The van der Waals surface area contributed by atoms with Gasteiger partial charge in [0.05, 0.1) is 20.8 Å². The summed E-state index contributed by atoms with van der Waals surface area (Å²) in [5.74, 6) is 0. The Kier molecular flexibility index (Phi) is 3.48. The summed E-state index contributed by atoms with van der Waals surface area (Å²) in [6, 6.07) is 4.72. The molecule has 0 fully saturated rings. The summed E-state index contributed by atoms with van der Waals surface area (Å²) in [5.41, 5.74) is 1.62. The second-order valence-corrected chi connectivity index (χ2v) is 4.75. The first kappa shape index (κ1) is 12.5. The summed E-state index contributed by atoms with van der Waals surface area (Å²) in [6.07, 6.45) is 1.55. The molecule has 2 rings (SSSR count). The molecule has 0 amide bonds. The lowest BCUT2D eigenvalue weighted by Crippen LogP contribution is -2.06. The van der Waals surface area contributed by atoms with E-state index in [1.165, 1.54) is 6.07 Å². The third-order valence-corrected chi connectivity index (χ3v) is 3.62. The van der Waals surface area contributed by atoms with Crippen LogP contribution in [0.1, 0.15) is 5.56 Å². The molecule has 1 heterocycles. The highest BCUT2D eigenvalue weighted by Crippen LogP contribution is 2.38. The first-order chi connectivity index (χ1) is 8.02. The highest BCUT2D eigenvalue weighted by atomic mass is 35.5. The van der Waals surface area contributed by atoms with Gasteiger partial charge < -0.3 is 4.98 Å². The molecule has 0 saturated heterocycles. The highest BCUT2D eigenvalue weighted by molar-refractivity contribution is 6.46. The quantitative estimate of drug-likeness (QED) is 0.779. The number of pyridine rings is 1. The zero-order chi connectivity index (χ0) is 12.6. The average molecular weight is 289 g/mol. The standard InChI is InChI=1S/C12H8Cl3NO/c1-6-9(17)4-5-16-12(6)10-7(13)2-3-8(14)11(10)15/h2-5H,1H3,(H,16,17). The van der Waals surface area contributed by atoms with E-state index in [0.29, 0.717) is 31.9 Å². The van der Waals surface area contributed by atoms with Gasteiger partial charge in [0, 0.05) is 23.4 Å². The number of aromatic amines is 1. The number of hydrogen-bond donors (Lipinski definition) is 1. The van der Waals surface area contributed by atoms with Gasteiger partial charge in [0.15, 0.2) is 5.43 Å². The van der Waals surface area contributed by atoms with Crippen molar-refractivity contribution in [2.24, 2.45) is 0 Å². The number of halogens is 3. The number of nitrogens with one attached hydrogen (secondary N) is 1. The topological polar surface area (TPSA) is 32.9 Å². The fraction of sp³-hybridized carbons (Fsp3) is 0.0833. The van der Waals surface area contributed by atoms with E-state index >= 15 is 0 Å². The van der Waals surface area contributed by atoms with E-state index in [2.05, 4.69) is 4.98 Å². The normalized spacial score (nSPS) is 10.6. The third-order valence-electron chi connectivity index (χ3n) is 2.50. The minimum absolute atomic E-state index is 0.0779. The SMILES string of the molecule is Cc1c(-c2c(Cl)ccc(Cl)c2Cl)[nH]ccc1=O. The van der Waals surface area contributed by atoms with Crippen molar-refractivity contribution in [1.82, 2.24) is 4.98 Å². The number of aromatic nitrogens is 1. The summed E-state index contributed by atoms with van der Waals surface area (Å²) in [4.78, 5) is 14.6. The molecule has 5 heteroatoms. The molecule has 0 atom stereocenters. The fourth-order valence-corrected chi connectivity index (χ4v) is 2.29. The Bertz CT molecular complexity index is 634. The van der Waals surface area contributed by atoms with Crippen molar-refractivity contribution < 1.29 is 0 Å². The molecule has 0 saturated carbocycles. The van der Waals surface area contributed by atoms with E-state index in [4.69, 9.17) is 34.8 Å². The average Bonchev–Trinajstić information content (AvgIpc) is 2.30. The monoisotopic (exact) mass is 287 g/mol. The van der Waals surface area contributed by atoms with Gasteiger partial charge in [0.1, 0.15) is 0 Å². The Morgan fingerprint density at radius 1 is 1.06 bits per heavy atom. The van der Waals surface area contributed by atoms with Crippen LogP contribution in [0.2, 0.25) is 15.1 Å². The van der Waals surface area contributed by atoms with Crippen LogP contribution in [0.5, 0.6) is 0 Å². The molecule has 0 bridgehead atoms. The lowest BCUT2D eigenvalue weighted by Gasteiger charge is -2.10. The summed E-state index contributed by atoms with van der Waals surface area (Å²) in [7, 11) is 0. The van der Waals surface area contributed by atoms with Crippen LogP contribution in [-0.2, 0) is 0 Å². The van der Waals surface area contributed by atoms with Gasteiger partial charge in [-0.15, -0.1) is 0 Å². The molecule has 2 nitrogen and oxygen atoms in total. The van der Waals surface area contributed by atoms with Crippen LogP contribution in [0, 0.1) is 6.92 Å². The second-order valence-electron chi connectivity index (χ2n) is 3.56. The summed E-state index contributed by atoms with van der Waals surface area (Å²) in [5, 5.41) is 1.18. The Morgan fingerprint density at radius 2 is 1.71 bits per heavy atom. The van der Waals surface area contributed by atoms with Crippen molar-refractivity contribution in [2.75, 3.05) is 0 Å². The van der Waals surface area contributed by atoms with Gasteiger partial charge in [-0.3, -0.25) is 4.79 Å². The molecule has 17 heavy (non-hydrogen) atoms. The van der Waals surface area contributed by atoms with Crippen LogP contribution < -0.4 is 5.43 Å². The van der Waals surface area contributed by atoms with Gasteiger partial charge in [-0.2, -0.15) is 0 Å². The predicted molar refractivity (Wildman–Crippen MR) is 72.3 cm³/mol. The van der Waals surface area contributed by atoms with E-state index in [9.17, 15) is 4.79 Å². The zero-order valence-electron chi connectivity index (χ0n) is 8.85. The lowest BCUT2D eigenvalue weighted by atomic mass is 10.1. The van der Waals surface area contributed by atoms with Crippen molar-refractivity contribution in [3.05, 3.63) is 55.3 Å². The maximum atomic E-state index is 11.6. The lowest BCUT2D eigenvalue weighted by molar-refractivity contribution is 1.24. The highest BCUT2D eigenvalue weighted by Gasteiger charge is 2.15. The van der Waals surface area contributed by atoms with Gasteiger partial charge in [-0.1, -0.05) is 34.8 Å². The summed E-state index contributed by atoms with van der Waals surface area (Å²) >= 11 is 18.2. The summed E-state index contributed by atoms with van der Waals surface area (Å²) in [6.45, 7) is 1.71. The first-order valence-electron chi connectivity index (χ1n) is 4.84. The van der Waals surface area contributed by atoms with E-state index in [1.54, 1.807) is 25.3 Å². The number of benzene rings is 1. The Morgan fingerprint density at radius 3 is 2.41 bits per heavy atom. The summed E-state index contributed by atoms with van der Waals surface area (Å²) < 4.78 is 0. The predicted octanol–water partition coefficient (Wildman–Crippen LogP) is 4.31. The molecular weight excluding hydrogens is 280 g/mol. The van der Waals surface area contributed by atoms with Crippen molar-refractivity contribution in [2.45, 2.75) is 6.92 Å². The van der Waals surface area contributed by atoms with E-state index in [0.717, 1.165) is 0 Å². The van der Waals surface area contributed by atoms with Crippen LogP contribution in [0.15, 0.2) is 29.2 Å². The Labute approximate surface area is 113 Å². The molecule has 88 valence electrons. The molecule has 0 spiro atoms. The van der Waals surface area contributed by atoms with Gasteiger partial charge >= 0.3 is 0 Å². The maximum absolute atomic E-state index is 11.6. The van der Waals surface area contributed by atoms with Crippen LogP contribution in [-0.4, -0.2) is 4.98 Å². The Balaban J connectivity index is 2.82. The molecular formula is C12H8Cl3NO.